The molecule has 2 fully saturated rings. The molecule has 0 unspecified atom stereocenters. The number of esters is 1. The van der Waals surface area contributed by atoms with Crippen LogP contribution in [0, 0.1) is 17.8 Å². The number of hydrazine groups is 1. The molecule has 0 saturated heterocycles. The normalized spacial score (nSPS) is 21.5. The summed E-state index contributed by atoms with van der Waals surface area (Å²) in [5, 5.41) is 4.96. The lowest BCUT2D eigenvalue weighted by Gasteiger charge is -2.30. The number of aromatic nitrogens is 1. The molecule has 2 aliphatic carbocycles. The minimum Gasteiger partial charge on any atom is -0.497 e. The molecule has 2 saturated carbocycles. The minimum atomic E-state index is -1.26. The van der Waals surface area contributed by atoms with Crippen LogP contribution in [0.5, 0.6) is 11.5 Å². The molecular weight excluding hydrogens is 700 g/mol. The van der Waals surface area contributed by atoms with Gasteiger partial charge in [0, 0.05) is 35.5 Å². The van der Waals surface area contributed by atoms with Crippen LogP contribution in [-0.4, -0.2) is 71.4 Å². The summed E-state index contributed by atoms with van der Waals surface area (Å²) in [6.07, 6.45) is 5.87. The summed E-state index contributed by atoms with van der Waals surface area (Å²) >= 11 is 0. The van der Waals surface area contributed by atoms with Crippen LogP contribution in [0.2, 0.25) is 0 Å². The third-order valence-electron chi connectivity index (χ3n) is 9.98. The number of carbonyl (C=O) groups is 4. The van der Waals surface area contributed by atoms with Gasteiger partial charge in [-0.15, -0.1) is 13.2 Å². The summed E-state index contributed by atoms with van der Waals surface area (Å²) in [7, 11) is 1.59. The first kappa shape index (κ1) is 40.8. The van der Waals surface area contributed by atoms with Gasteiger partial charge in [-0.2, -0.15) is 0 Å². The lowest BCUT2D eigenvalue weighted by molar-refractivity contribution is -0.150. The lowest BCUT2D eigenvalue weighted by Crippen LogP contribution is -2.53. The fraction of sp³-hybridized carbons (Fsp3) is 0.465. The number of amides is 3. The van der Waals surface area contributed by atoms with E-state index < -0.39 is 53.0 Å². The highest BCUT2D eigenvalue weighted by Gasteiger charge is 2.62. The van der Waals surface area contributed by atoms with Crippen LogP contribution >= 0.6 is 0 Å². The van der Waals surface area contributed by atoms with Gasteiger partial charge in [-0.05, 0) is 78.4 Å². The highest BCUT2D eigenvalue weighted by atomic mass is 16.6. The third kappa shape index (κ3) is 10.0. The van der Waals surface area contributed by atoms with Crippen LogP contribution in [0.1, 0.15) is 72.6 Å². The number of ether oxygens (including phenoxy) is 4. The molecule has 5 atom stereocenters. The van der Waals surface area contributed by atoms with Gasteiger partial charge in [0.1, 0.15) is 28.7 Å². The topological polar surface area (TPSA) is 145 Å². The SMILES string of the molecule is C=CCCCCCN(NC(=O)OC(C)(C)C)C(=O)[C@@H]1C[C@H](Oc2cc(-c3ccccc3)nc3cc(OC)ccc23)C[C@H]1C(=O)N[C@]1(C(=O)OCC)C[C@H]1C=C. The fourth-order valence-corrected chi connectivity index (χ4v) is 7.13. The number of nitrogens with one attached hydrogen (secondary N) is 2. The van der Waals surface area contributed by atoms with E-state index in [2.05, 4.69) is 23.9 Å². The Labute approximate surface area is 323 Å². The number of fused-ring (bicyclic) bond motifs is 1. The molecule has 5 rings (SSSR count). The second-order valence-corrected chi connectivity index (χ2v) is 15.1. The molecule has 0 bridgehead atoms. The standard InChI is InChI=1S/C43H54N4O8/c1-8-11-12-13-17-22-47(46-41(51)55-42(4,5)6)39(49)34-24-31(23-33(34)38(48)45-43(27-29(43)9-2)40(50)53-10-3)54-37-26-35(28-18-15-14-16-19-28)44-36-25-30(52-7)20-21-32(36)37/h8-9,14-16,18-21,25-26,29,31,33-34H,1-2,10-13,17,22-24,27H2,3-7H3,(H,45,48)(H,46,51)/t29-,31-,33-,34-,43-/m1/s1. The average Bonchev–Trinajstić information content (AvgIpc) is 3.72. The largest absolute Gasteiger partial charge is 0.497 e. The number of hydrogen-bond donors (Lipinski definition) is 2. The molecule has 2 aliphatic rings. The molecule has 12 heteroatoms. The zero-order valence-electron chi connectivity index (χ0n) is 32.6. The minimum absolute atomic E-state index is 0.148. The van der Waals surface area contributed by atoms with Crippen LogP contribution in [0.25, 0.3) is 22.2 Å². The first-order valence-electron chi connectivity index (χ1n) is 19.1. The Balaban J connectivity index is 1.49. The Morgan fingerprint density at radius 3 is 2.40 bits per heavy atom. The molecule has 1 aromatic heterocycles. The van der Waals surface area contributed by atoms with Crippen molar-refractivity contribution in [2.24, 2.45) is 17.8 Å². The quantitative estimate of drug-likeness (QED) is 0.0665. The van der Waals surface area contributed by atoms with E-state index >= 15 is 0 Å². The highest BCUT2D eigenvalue weighted by Crippen LogP contribution is 2.47. The van der Waals surface area contributed by atoms with Crippen LogP contribution in [0.4, 0.5) is 4.79 Å². The van der Waals surface area contributed by atoms with Crippen molar-refractivity contribution in [1.82, 2.24) is 20.7 Å². The molecule has 12 nitrogen and oxygen atoms in total. The Morgan fingerprint density at radius 1 is 1.00 bits per heavy atom. The third-order valence-corrected chi connectivity index (χ3v) is 9.98. The van der Waals surface area contributed by atoms with Gasteiger partial charge in [-0.3, -0.25) is 14.6 Å². The van der Waals surface area contributed by atoms with Crippen molar-refractivity contribution in [2.45, 2.75) is 89.9 Å². The van der Waals surface area contributed by atoms with Crippen molar-refractivity contribution < 1.29 is 38.1 Å². The van der Waals surface area contributed by atoms with Crippen LogP contribution < -0.4 is 20.2 Å². The first-order valence-corrected chi connectivity index (χ1v) is 19.1. The maximum Gasteiger partial charge on any atom is 0.426 e. The van der Waals surface area contributed by atoms with Crippen molar-refractivity contribution in [1.29, 1.82) is 0 Å². The number of methoxy groups -OCH3 is 1. The molecule has 3 amide bonds. The van der Waals surface area contributed by atoms with Crippen LogP contribution in [-0.2, 0) is 23.9 Å². The number of nitrogens with zero attached hydrogens (tertiary/aromatic N) is 2. The molecule has 55 heavy (non-hydrogen) atoms. The number of rotatable bonds is 16. The van der Waals surface area contributed by atoms with E-state index in [0.717, 1.165) is 30.2 Å². The molecule has 2 N–H and O–H groups in total. The van der Waals surface area contributed by atoms with E-state index in [-0.39, 0.29) is 31.9 Å². The Kier molecular flexibility index (Phi) is 13.2. The summed E-state index contributed by atoms with van der Waals surface area (Å²) in [6, 6.07) is 17.1. The fourth-order valence-electron chi connectivity index (χ4n) is 7.13. The second-order valence-electron chi connectivity index (χ2n) is 15.1. The number of pyridine rings is 1. The van der Waals surface area contributed by atoms with Crippen molar-refractivity contribution in [3.8, 4) is 22.8 Å². The van der Waals surface area contributed by atoms with E-state index in [0.29, 0.717) is 35.6 Å². The maximum absolute atomic E-state index is 14.6. The first-order chi connectivity index (χ1) is 26.3. The molecule has 0 spiro atoms. The molecule has 294 valence electrons. The summed E-state index contributed by atoms with van der Waals surface area (Å²) in [5.41, 5.74) is 2.82. The van der Waals surface area contributed by atoms with Gasteiger partial charge in [0.15, 0.2) is 0 Å². The van der Waals surface area contributed by atoms with Gasteiger partial charge in [0.25, 0.3) is 0 Å². The lowest BCUT2D eigenvalue weighted by atomic mass is 9.93. The van der Waals surface area contributed by atoms with E-state index in [9.17, 15) is 19.2 Å². The summed E-state index contributed by atoms with van der Waals surface area (Å²) in [5.74, 6) is -2.41. The Morgan fingerprint density at radius 2 is 1.75 bits per heavy atom. The van der Waals surface area contributed by atoms with Crippen LogP contribution in [0.3, 0.4) is 0 Å². The number of unbranched alkanes of at least 4 members (excludes halogenated alkanes) is 3. The van der Waals surface area contributed by atoms with Gasteiger partial charge in [0.2, 0.25) is 11.8 Å². The maximum atomic E-state index is 14.6. The molecule has 1 heterocycles. The zero-order chi connectivity index (χ0) is 39.8. The number of carbonyl (C=O) groups excluding carboxylic acids is 4. The molecule has 0 radical (unpaired) electrons. The summed E-state index contributed by atoms with van der Waals surface area (Å²) in [6.45, 7) is 14.9. The number of allylic oxidation sites excluding steroid dienone is 1. The molecule has 0 aliphatic heterocycles. The summed E-state index contributed by atoms with van der Waals surface area (Å²) in [4.78, 5) is 60.1. The molecule has 3 aromatic rings. The van der Waals surface area contributed by atoms with Gasteiger partial charge < -0.3 is 24.3 Å². The number of benzene rings is 2. The molecular formula is C43H54N4O8. The van der Waals surface area contributed by atoms with Crippen molar-refractivity contribution in [3.05, 3.63) is 79.9 Å². The molecule has 2 aromatic carbocycles. The zero-order valence-corrected chi connectivity index (χ0v) is 32.6. The monoisotopic (exact) mass is 754 g/mol. The van der Waals surface area contributed by atoms with E-state index in [1.54, 1.807) is 40.9 Å². The van der Waals surface area contributed by atoms with Gasteiger partial charge >= 0.3 is 12.1 Å². The van der Waals surface area contributed by atoms with E-state index in [4.69, 9.17) is 23.9 Å². The summed E-state index contributed by atoms with van der Waals surface area (Å²) < 4.78 is 23.1. The second kappa shape index (κ2) is 17.8. The Hall–Kier alpha value is -5.39. The predicted molar refractivity (Wildman–Crippen MR) is 210 cm³/mol. The Bertz CT molecular complexity index is 1880. The van der Waals surface area contributed by atoms with Crippen molar-refractivity contribution >= 4 is 34.8 Å². The van der Waals surface area contributed by atoms with E-state index in [1.807, 2.05) is 60.7 Å². The van der Waals surface area contributed by atoms with Crippen molar-refractivity contribution in [3.63, 3.8) is 0 Å². The van der Waals surface area contributed by atoms with Crippen LogP contribution in [0.15, 0.2) is 79.9 Å². The van der Waals surface area contributed by atoms with Crippen molar-refractivity contribution in [2.75, 3.05) is 20.3 Å². The predicted octanol–water partition coefficient (Wildman–Crippen LogP) is 7.32. The van der Waals surface area contributed by atoms with Gasteiger partial charge in [-0.1, -0.05) is 48.9 Å². The van der Waals surface area contributed by atoms with E-state index in [1.165, 1.54) is 5.01 Å². The average molecular weight is 755 g/mol. The smallest absolute Gasteiger partial charge is 0.426 e. The van der Waals surface area contributed by atoms with Gasteiger partial charge in [-0.25, -0.2) is 20.0 Å². The van der Waals surface area contributed by atoms with Gasteiger partial charge in [0.05, 0.1) is 36.8 Å². The highest BCUT2D eigenvalue weighted by molar-refractivity contribution is 5.95. The number of hydrogen-bond acceptors (Lipinski definition) is 9.